The number of nitrogens with one attached hydrogen (secondary N) is 1. The molecule has 1 atom stereocenters. The molecule has 1 N–H and O–H groups in total. The monoisotopic (exact) mass is 296 g/mol. The Labute approximate surface area is 127 Å². The van der Waals surface area contributed by atoms with E-state index in [1.165, 1.54) is 0 Å². The second-order valence-electron chi connectivity index (χ2n) is 4.98. The van der Waals surface area contributed by atoms with Crippen LogP contribution in [0.2, 0.25) is 0 Å². The first kappa shape index (κ1) is 17.7. The van der Waals surface area contributed by atoms with Gasteiger partial charge in [-0.3, -0.25) is 0 Å². The maximum absolute atomic E-state index is 5.26. The number of methoxy groups -OCH3 is 2. The zero-order chi connectivity index (χ0) is 15.7. The molecule has 1 rings (SSSR count). The standard InChI is InChI=1S/C15H28N4O2/c1-6-8-16-13-9-15(18-14(17-13)11-21-5)19(7-2)12(3)10-20-4/h9,12H,6-8,10-11H2,1-5H3,(H,16,17,18). The van der Waals surface area contributed by atoms with Crippen LogP contribution in [0.1, 0.15) is 33.0 Å². The molecule has 120 valence electrons. The van der Waals surface area contributed by atoms with E-state index in [1.807, 2.05) is 6.07 Å². The topological polar surface area (TPSA) is 59.5 Å². The molecule has 1 heterocycles. The zero-order valence-electron chi connectivity index (χ0n) is 13.8. The van der Waals surface area contributed by atoms with Gasteiger partial charge in [-0.15, -0.1) is 0 Å². The molecule has 0 saturated carbocycles. The number of rotatable bonds is 10. The first-order chi connectivity index (χ1) is 10.2. The van der Waals surface area contributed by atoms with Crippen LogP contribution < -0.4 is 10.2 Å². The molecule has 6 nitrogen and oxygen atoms in total. The summed E-state index contributed by atoms with van der Waals surface area (Å²) in [6.07, 6.45) is 1.05. The summed E-state index contributed by atoms with van der Waals surface area (Å²) in [5.41, 5.74) is 0. The van der Waals surface area contributed by atoms with Gasteiger partial charge in [0.2, 0.25) is 0 Å². The average molecular weight is 296 g/mol. The normalized spacial score (nSPS) is 12.2. The fourth-order valence-corrected chi connectivity index (χ4v) is 2.20. The molecular formula is C15H28N4O2. The highest BCUT2D eigenvalue weighted by molar-refractivity contribution is 5.50. The highest BCUT2D eigenvalue weighted by Gasteiger charge is 2.16. The Balaban J connectivity index is 3.03. The number of ether oxygens (including phenoxy) is 2. The average Bonchev–Trinajstić information content (AvgIpc) is 2.46. The van der Waals surface area contributed by atoms with Crippen molar-refractivity contribution in [3.05, 3.63) is 11.9 Å². The predicted octanol–water partition coefficient (Wildman–Crippen LogP) is 2.31. The summed E-state index contributed by atoms with van der Waals surface area (Å²) >= 11 is 0. The van der Waals surface area contributed by atoms with Crippen molar-refractivity contribution in [1.82, 2.24) is 9.97 Å². The molecule has 0 amide bonds. The van der Waals surface area contributed by atoms with E-state index in [0.717, 1.165) is 31.1 Å². The number of hydrogen-bond acceptors (Lipinski definition) is 6. The molecule has 1 unspecified atom stereocenters. The Morgan fingerprint density at radius 2 is 2.00 bits per heavy atom. The van der Waals surface area contributed by atoms with Gasteiger partial charge in [-0.1, -0.05) is 6.92 Å². The Morgan fingerprint density at radius 1 is 1.24 bits per heavy atom. The molecule has 0 aromatic carbocycles. The SMILES string of the molecule is CCCNc1cc(N(CC)C(C)COC)nc(COC)n1. The molecule has 0 bridgehead atoms. The Kier molecular flexibility index (Phi) is 8.00. The van der Waals surface area contributed by atoms with Gasteiger partial charge in [0.25, 0.3) is 0 Å². The Hall–Kier alpha value is -1.40. The van der Waals surface area contributed by atoms with Crippen molar-refractivity contribution in [2.24, 2.45) is 0 Å². The number of anilines is 2. The van der Waals surface area contributed by atoms with Crippen LogP contribution in [-0.2, 0) is 16.1 Å². The van der Waals surface area contributed by atoms with E-state index in [0.29, 0.717) is 19.0 Å². The maximum Gasteiger partial charge on any atom is 0.158 e. The van der Waals surface area contributed by atoms with E-state index >= 15 is 0 Å². The first-order valence-electron chi connectivity index (χ1n) is 7.52. The van der Waals surface area contributed by atoms with Crippen LogP contribution in [0.5, 0.6) is 0 Å². The lowest BCUT2D eigenvalue weighted by Crippen LogP contribution is -2.37. The Bertz CT molecular complexity index is 415. The zero-order valence-corrected chi connectivity index (χ0v) is 13.8. The first-order valence-corrected chi connectivity index (χ1v) is 7.52. The van der Waals surface area contributed by atoms with Crippen LogP contribution >= 0.6 is 0 Å². The van der Waals surface area contributed by atoms with Gasteiger partial charge < -0.3 is 19.7 Å². The molecule has 21 heavy (non-hydrogen) atoms. The molecule has 0 saturated heterocycles. The highest BCUT2D eigenvalue weighted by atomic mass is 16.5. The van der Waals surface area contributed by atoms with Crippen LogP contribution in [0.3, 0.4) is 0 Å². The quantitative estimate of drug-likeness (QED) is 0.715. The third-order valence-corrected chi connectivity index (χ3v) is 3.16. The summed E-state index contributed by atoms with van der Waals surface area (Å²) in [4.78, 5) is 11.3. The van der Waals surface area contributed by atoms with Gasteiger partial charge in [-0.2, -0.15) is 0 Å². The van der Waals surface area contributed by atoms with Gasteiger partial charge in [0.1, 0.15) is 18.2 Å². The molecule has 1 aromatic rings. The number of likely N-dealkylation sites (N-methyl/N-ethyl adjacent to an activating group) is 1. The second-order valence-corrected chi connectivity index (χ2v) is 4.98. The number of nitrogens with zero attached hydrogens (tertiary/aromatic N) is 3. The van der Waals surface area contributed by atoms with E-state index in [9.17, 15) is 0 Å². The fraction of sp³-hybridized carbons (Fsp3) is 0.733. The van der Waals surface area contributed by atoms with Gasteiger partial charge in [-0.05, 0) is 20.3 Å². The lowest BCUT2D eigenvalue weighted by Gasteiger charge is -2.29. The highest BCUT2D eigenvalue weighted by Crippen LogP contribution is 2.19. The molecule has 0 aliphatic rings. The smallest absolute Gasteiger partial charge is 0.158 e. The molecule has 0 aliphatic heterocycles. The summed E-state index contributed by atoms with van der Waals surface area (Å²) in [6, 6.07) is 2.24. The van der Waals surface area contributed by atoms with E-state index in [4.69, 9.17) is 9.47 Å². The summed E-state index contributed by atoms with van der Waals surface area (Å²) in [6.45, 7) is 9.20. The van der Waals surface area contributed by atoms with E-state index < -0.39 is 0 Å². The predicted molar refractivity (Wildman–Crippen MR) is 85.9 cm³/mol. The van der Waals surface area contributed by atoms with Gasteiger partial charge in [-0.25, -0.2) is 9.97 Å². The van der Waals surface area contributed by atoms with Gasteiger partial charge in [0.05, 0.1) is 12.6 Å². The molecule has 0 radical (unpaired) electrons. The lowest BCUT2D eigenvalue weighted by molar-refractivity contribution is 0.177. The van der Waals surface area contributed by atoms with Crippen LogP contribution in [0.25, 0.3) is 0 Å². The van der Waals surface area contributed by atoms with E-state index in [1.54, 1.807) is 14.2 Å². The lowest BCUT2D eigenvalue weighted by atomic mass is 10.3. The van der Waals surface area contributed by atoms with Crippen molar-refractivity contribution in [2.45, 2.75) is 39.8 Å². The van der Waals surface area contributed by atoms with Crippen molar-refractivity contribution < 1.29 is 9.47 Å². The minimum atomic E-state index is 0.254. The summed E-state index contributed by atoms with van der Waals surface area (Å²) in [7, 11) is 3.37. The van der Waals surface area contributed by atoms with Gasteiger partial charge in [0, 0.05) is 33.4 Å². The summed E-state index contributed by atoms with van der Waals surface area (Å²) in [5, 5.41) is 3.32. The number of hydrogen-bond donors (Lipinski definition) is 1. The van der Waals surface area contributed by atoms with Crippen LogP contribution in [0, 0.1) is 0 Å². The van der Waals surface area contributed by atoms with Crippen LogP contribution in [0.15, 0.2) is 6.07 Å². The van der Waals surface area contributed by atoms with Gasteiger partial charge in [0.15, 0.2) is 5.82 Å². The van der Waals surface area contributed by atoms with E-state index in [-0.39, 0.29) is 6.04 Å². The minimum absolute atomic E-state index is 0.254. The van der Waals surface area contributed by atoms with Crippen molar-refractivity contribution >= 4 is 11.6 Å². The van der Waals surface area contributed by atoms with Crippen molar-refractivity contribution in [3.63, 3.8) is 0 Å². The van der Waals surface area contributed by atoms with Crippen LogP contribution in [-0.4, -0.2) is 49.9 Å². The van der Waals surface area contributed by atoms with E-state index in [2.05, 4.69) is 41.0 Å². The summed E-state index contributed by atoms with van der Waals surface area (Å²) in [5.74, 6) is 2.44. The maximum atomic E-state index is 5.26. The minimum Gasteiger partial charge on any atom is -0.383 e. The van der Waals surface area contributed by atoms with Crippen LogP contribution in [0.4, 0.5) is 11.6 Å². The number of aromatic nitrogens is 2. The third-order valence-electron chi connectivity index (χ3n) is 3.16. The second kappa shape index (κ2) is 9.52. The third kappa shape index (κ3) is 5.47. The van der Waals surface area contributed by atoms with Gasteiger partial charge >= 0.3 is 0 Å². The largest absolute Gasteiger partial charge is 0.383 e. The molecule has 0 spiro atoms. The summed E-state index contributed by atoms with van der Waals surface area (Å²) < 4.78 is 10.4. The molecule has 0 aliphatic carbocycles. The van der Waals surface area contributed by atoms with Crippen molar-refractivity contribution in [3.8, 4) is 0 Å². The van der Waals surface area contributed by atoms with Crippen molar-refractivity contribution in [2.75, 3.05) is 44.1 Å². The molecule has 6 heteroatoms. The van der Waals surface area contributed by atoms with Crippen molar-refractivity contribution in [1.29, 1.82) is 0 Å². The molecule has 0 fully saturated rings. The fourth-order valence-electron chi connectivity index (χ4n) is 2.20. The Morgan fingerprint density at radius 3 is 2.57 bits per heavy atom. The molecular weight excluding hydrogens is 268 g/mol. The molecule has 1 aromatic heterocycles.